The van der Waals surface area contributed by atoms with Gasteiger partial charge >= 0.3 is 11.7 Å². The first-order valence-electron chi connectivity index (χ1n) is 9.70. The molecule has 1 aromatic heterocycles. The Balaban J connectivity index is 1.93. The molecule has 1 heterocycles. The van der Waals surface area contributed by atoms with Gasteiger partial charge in [0.1, 0.15) is 5.82 Å². The van der Waals surface area contributed by atoms with Crippen LogP contribution in [0.25, 0.3) is 11.1 Å². The molecule has 0 radical (unpaired) electrons. The van der Waals surface area contributed by atoms with Crippen LogP contribution >= 0.6 is 0 Å². The Hall–Kier alpha value is -3.74. The van der Waals surface area contributed by atoms with Gasteiger partial charge in [0, 0.05) is 12.8 Å². The minimum atomic E-state index is -0.985. The van der Waals surface area contributed by atoms with E-state index < -0.39 is 11.7 Å². The summed E-state index contributed by atoms with van der Waals surface area (Å²) in [4.78, 5) is 36.2. The lowest BCUT2D eigenvalue weighted by molar-refractivity contribution is 0.0697. The summed E-state index contributed by atoms with van der Waals surface area (Å²) in [7, 11) is 0. The third-order valence-corrected chi connectivity index (χ3v) is 4.81. The molecule has 0 atom stereocenters. The van der Waals surface area contributed by atoms with Gasteiger partial charge in [-0.25, -0.2) is 9.59 Å². The van der Waals surface area contributed by atoms with Crippen LogP contribution in [-0.2, 0) is 13.0 Å². The van der Waals surface area contributed by atoms with Gasteiger partial charge in [-0.3, -0.25) is 9.36 Å². The fourth-order valence-electron chi connectivity index (χ4n) is 3.22. The lowest BCUT2D eigenvalue weighted by Crippen LogP contribution is -2.30. The SMILES string of the molecule is C=CCCc1nn(C(=O)CC)c(=O)n1Cc1ccc(-c2ccccc2C(=O)O)cc1. The molecule has 0 amide bonds. The molecule has 3 rings (SSSR count). The Bertz CT molecular complexity index is 1140. The lowest BCUT2D eigenvalue weighted by Gasteiger charge is -2.09. The molecule has 0 bridgehead atoms. The van der Waals surface area contributed by atoms with Gasteiger partial charge in [0.2, 0.25) is 0 Å². The molecule has 7 heteroatoms. The van der Waals surface area contributed by atoms with E-state index in [2.05, 4.69) is 11.7 Å². The first-order valence-corrected chi connectivity index (χ1v) is 9.70. The molecule has 30 heavy (non-hydrogen) atoms. The van der Waals surface area contributed by atoms with Crippen molar-refractivity contribution in [1.29, 1.82) is 0 Å². The maximum atomic E-state index is 12.7. The monoisotopic (exact) mass is 405 g/mol. The van der Waals surface area contributed by atoms with Crippen LogP contribution in [-0.4, -0.2) is 31.3 Å². The van der Waals surface area contributed by atoms with Gasteiger partial charge in [-0.05, 0) is 29.2 Å². The predicted molar refractivity (Wildman–Crippen MR) is 114 cm³/mol. The van der Waals surface area contributed by atoms with Crippen LogP contribution in [0.5, 0.6) is 0 Å². The van der Waals surface area contributed by atoms with Crippen molar-refractivity contribution in [2.45, 2.75) is 32.7 Å². The normalized spacial score (nSPS) is 10.7. The van der Waals surface area contributed by atoms with E-state index in [4.69, 9.17) is 0 Å². The van der Waals surface area contributed by atoms with E-state index in [1.54, 1.807) is 37.3 Å². The third kappa shape index (κ3) is 4.30. The topological polar surface area (TPSA) is 94.2 Å². The lowest BCUT2D eigenvalue weighted by atomic mass is 9.99. The number of carboxylic acid groups (broad SMARTS) is 1. The number of carbonyl (C=O) groups is 2. The number of aryl methyl sites for hydroxylation is 1. The van der Waals surface area contributed by atoms with Crippen LogP contribution in [0.1, 0.15) is 46.3 Å². The Morgan fingerprint density at radius 1 is 1.13 bits per heavy atom. The second kappa shape index (κ2) is 9.17. The third-order valence-electron chi connectivity index (χ3n) is 4.81. The minimum Gasteiger partial charge on any atom is -0.478 e. The van der Waals surface area contributed by atoms with E-state index >= 15 is 0 Å². The summed E-state index contributed by atoms with van der Waals surface area (Å²) in [5, 5.41) is 13.6. The number of rotatable bonds is 8. The molecule has 0 aliphatic carbocycles. The summed E-state index contributed by atoms with van der Waals surface area (Å²) in [6.07, 6.45) is 3.08. The summed E-state index contributed by atoms with van der Waals surface area (Å²) < 4.78 is 2.42. The Labute approximate surface area is 173 Å². The fraction of sp³-hybridized carbons (Fsp3) is 0.217. The molecular weight excluding hydrogens is 382 g/mol. The van der Waals surface area contributed by atoms with Gasteiger partial charge in [0.25, 0.3) is 5.91 Å². The van der Waals surface area contributed by atoms with Gasteiger partial charge in [0.05, 0.1) is 12.1 Å². The van der Waals surface area contributed by atoms with Gasteiger partial charge in [-0.1, -0.05) is 55.5 Å². The highest BCUT2D eigenvalue weighted by Crippen LogP contribution is 2.24. The summed E-state index contributed by atoms with van der Waals surface area (Å²) in [6, 6.07) is 14.1. The van der Waals surface area contributed by atoms with Gasteiger partial charge < -0.3 is 5.11 Å². The molecule has 0 fully saturated rings. The molecule has 154 valence electrons. The summed E-state index contributed by atoms with van der Waals surface area (Å²) in [5.74, 6) is -0.803. The van der Waals surface area contributed by atoms with E-state index in [9.17, 15) is 19.5 Å². The Morgan fingerprint density at radius 3 is 2.47 bits per heavy atom. The number of carbonyl (C=O) groups excluding carboxylic acids is 1. The number of benzene rings is 2. The highest BCUT2D eigenvalue weighted by atomic mass is 16.4. The predicted octanol–water partition coefficient (Wildman–Crippen LogP) is 3.63. The number of aromatic carboxylic acids is 1. The molecule has 1 N–H and O–H groups in total. The van der Waals surface area contributed by atoms with E-state index in [0.29, 0.717) is 24.2 Å². The highest BCUT2D eigenvalue weighted by Gasteiger charge is 2.17. The molecule has 0 aliphatic rings. The zero-order valence-corrected chi connectivity index (χ0v) is 16.7. The number of allylic oxidation sites excluding steroid dienone is 1. The van der Waals surface area contributed by atoms with E-state index in [-0.39, 0.29) is 24.4 Å². The molecule has 0 unspecified atom stereocenters. The molecule has 0 saturated heterocycles. The van der Waals surface area contributed by atoms with Crippen molar-refractivity contribution < 1.29 is 14.7 Å². The number of aromatic nitrogens is 3. The fourth-order valence-corrected chi connectivity index (χ4v) is 3.22. The van der Waals surface area contributed by atoms with Gasteiger partial charge in [-0.2, -0.15) is 0 Å². The quantitative estimate of drug-likeness (QED) is 0.578. The van der Waals surface area contributed by atoms with Crippen molar-refractivity contribution in [3.05, 3.63) is 88.6 Å². The number of hydrogen-bond donors (Lipinski definition) is 1. The average molecular weight is 405 g/mol. The summed E-state index contributed by atoms with van der Waals surface area (Å²) in [5.41, 5.74) is 2.01. The van der Waals surface area contributed by atoms with Crippen LogP contribution in [0.2, 0.25) is 0 Å². The largest absolute Gasteiger partial charge is 0.478 e. The van der Waals surface area contributed by atoms with Crippen molar-refractivity contribution in [3.63, 3.8) is 0 Å². The Morgan fingerprint density at radius 2 is 1.83 bits per heavy atom. The number of nitrogens with zero attached hydrogens (tertiary/aromatic N) is 3. The van der Waals surface area contributed by atoms with Crippen molar-refractivity contribution in [2.75, 3.05) is 0 Å². The molecule has 0 spiro atoms. The molecule has 2 aromatic carbocycles. The second-order valence-electron chi connectivity index (χ2n) is 6.82. The Kier molecular flexibility index (Phi) is 6.41. The van der Waals surface area contributed by atoms with Crippen molar-refractivity contribution in [2.24, 2.45) is 0 Å². The van der Waals surface area contributed by atoms with Gasteiger partial charge in [0.15, 0.2) is 0 Å². The highest BCUT2D eigenvalue weighted by molar-refractivity contribution is 5.95. The van der Waals surface area contributed by atoms with Crippen LogP contribution in [0.3, 0.4) is 0 Å². The second-order valence-corrected chi connectivity index (χ2v) is 6.82. The first kappa shape index (κ1) is 21.0. The maximum absolute atomic E-state index is 12.7. The molecule has 3 aromatic rings. The van der Waals surface area contributed by atoms with Crippen LogP contribution in [0.15, 0.2) is 66.0 Å². The molecular formula is C23H23N3O4. The minimum absolute atomic E-state index is 0.190. The standard InChI is InChI=1S/C23H23N3O4/c1-3-5-10-20-24-26(21(27)4-2)23(30)25(20)15-16-11-13-17(14-12-16)18-8-6-7-9-19(18)22(28)29/h3,6-9,11-14H,1,4-5,10,15H2,2H3,(H,28,29). The smallest absolute Gasteiger partial charge is 0.353 e. The van der Waals surface area contributed by atoms with E-state index in [0.717, 1.165) is 15.8 Å². The maximum Gasteiger partial charge on any atom is 0.353 e. The van der Waals surface area contributed by atoms with Crippen molar-refractivity contribution in [3.8, 4) is 11.1 Å². The van der Waals surface area contributed by atoms with E-state index in [1.165, 1.54) is 4.57 Å². The molecule has 0 aliphatic heterocycles. The average Bonchev–Trinajstić information content (AvgIpc) is 3.07. The number of carboxylic acids is 1. The zero-order chi connectivity index (χ0) is 21.7. The van der Waals surface area contributed by atoms with Crippen molar-refractivity contribution in [1.82, 2.24) is 14.3 Å². The number of hydrogen-bond acceptors (Lipinski definition) is 4. The van der Waals surface area contributed by atoms with Gasteiger partial charge in [-0.15, -0.1) is 16.4 Å². The van der Waals surface area contributed by atoms with Crippen molar-refractivity contribution >= 4 is 11.9 Å². The summed E-state index contributed by atoms with van der Waals surface area (Å²) in [6.45, 7) is 5.65. The molecule has 7 nitrogen and oxygen atoms in total. The van der Waals surface area contributed by atoms with Crippen LogP contribution < -0.4 is 5.69 Å². The summed E-state index contributed by atoms with van der Waals surface area (Å²) >= 11 is 0. The zero-order valence-electron chi connectivity index (χ0n) is 16.7. The van der Waals surface area contributed by atoms with Crippen LogP contribution in [0, 0.1) is 0 Å². The molecule has 0 saturated carbocycles. The van der Waals surface area contributed by atoms with Crippen LogP contribution in [0.4, 0.5) is 0 Å². The van der Waals surface area contributed by atoms with E-state index in [1.807, 2.05) is 24.3 Å². The first-order chi connectivity index (χ1) is 14.5.